The van der Waals surface area contributed by atoms with Gasteiger partial charge >= 0.3 is 0 Å². The van der Waals surface area contributed by atoms with Crippen LogP contribution in [0.4, 0.5) is 5.69 Å². The van der Waals surface area contributed by atoms with Crippen LogP contribution in [0.15, 0.2) is 18.3 Å². The van der Waals surface area contributed by atoms with Gasteiger partial charge in [-0.05, 0) is 38.3 Å². The lowest BCUT2D eigenvalue weighted by atomic mass is 10.1. The van der Waals surface area contributed by atoms with Crippen molar-refractivity contribution in [3.63, 3.8) is 0 Å². The Balaban J connectivity index is 1.73. The highest BCUT2D eigenvalue weighted by molar-refractivity contribution is 5.46. The Labute approximate surface area is 115 Å². The van der Waals surface area contributed by atoms with Crippen LogP contribution >= 0.6 is 0 Å². The predicted octanol–water partition coefficient (Wildman–Crippen LogP) is 2.41. The van der Waals surface area contributed by atoms with E-state index in [0.29, 0.717) is 6.10 Å². The third kappa shape index (κ3) is 4.48. The quantitative estimate of drug-likeness (QED) is 0.739. The third-order valence-corrected chi connectivity index (χ3v) is 3.53. The van der Waals surface area contributed by atoms with Crippen LogP contribution in [0.2, 0.25) is 0 Å². The number of pyridine rings is 1. The van der Waals surface area contributed by atoms with Gasteiger partial charge in [-0.1, -0.05) is 0 Å². The first-order valence-electron chi connectivity index (χ1n) is 7.08. The van der Waals surface area contributed by atoms with Gasteiger partial charge in [0.05, 0.1) is 6.10 Å². The summed E-state index contributed by atoms with van der Waals surface area (Å²) in [6.07, 6.45) is 5.50. The van der Waals surface area contributed by atoms with Crippen LogP contribution in [0.25, 0.3) is 0 Å². The summed E-state index contributed by atoms with van der Waals surface area (Å²) in [5.74, 6) is 0. The lowest BCUT2D eigenvalue weighted by Gasteiger charge is -2.33. The minimum Gasteiger partial charge on any atom is -0.385 e. The van der Waals surface area contributed by atoms with Crippen molar-refractivity contribution in [2.45, 2.75) is 32.3 Å². The summed E-state index contributed by atoms with van der Waals surface area (Å²) in [5.41, 5.74) is 2.36. The fraction of sp³-hybridized carbons (Fsp3) is 0.667. The molecule has 0 atom stereocenters. The SMILES string of the molecule is COCCCOC1CCN(c2ccnc(C)c2)CC1. The molecule has 1 aliphatic rings. The molecule has 1 fully saturated rings. The number of aryl methyl sites for hydroxylation is 1. The maximum absolute atomic E-state index is 5.87. The second-order valence-corrected chi connectivity index (χ2v) is 5.06. The smallest absolute Gasteiger partial charge is 0.0608 e. The van der Waals surface area contributed by atoms with Crippen molar-refractivity contribution in [1.82, 2.24) is 4.98 Å². The summed E-state index contributed by atoms with van der Waals surface area (Å²) in [5, 5.41) is 0. The van der Waals surface area contributed by atoms with Crippen LogP contribution in [0.3, 0.4) is 0 Å². The molecule has 0 radical (unpaired) electrons. The molecule has 0 N–H and O–H groups in total. The number of anilines is 1. The highest BCUT2D eigenvalue weighted by atomic mass is 16.5. The van der Waals surface area contributed by atoms with E-state index in [4.69, 9.17) is 9.47 Å². The van der Waals surface area contributed by atoms with Gasteiger partial charge in [-0.2, -0.15) is 0 Å². The normalized spacial score (nSPS) is 16.8. The first-order chi connectivity index (χ1) is 9.29. The Hall–Kier alpha value is -1.13. The number of ether oxygens (including phenoxy) is 2. The second-order valence-electron chi connectivity index (χ2n) is 5.06. The van der Waals surface area contributed by atoms with E-state index >= 15 is 0 Å². The number of hydrogen-bond acceptors (Lipinski definition) is 4. The first-order valence-corrected chi connectivity index (χ1v) is 7.08. The highest BCUT2D eigenvalue weighted by Crippen LogP contribution is 2.21. The summed E-state index contributed by atoms with van der Waals surface area (Å²) in [7, 11) is 1.73. The van der Waals surface area contributed by atoms with Gasteiger partial charge in [-0.15, -0.1) is 0 Å². The van der Waals surface area contributed by atoms with E-state index in [2.05, 4.69) is 22.0 Å². The van der Waals surface area contributed by atoms with E-state index < -0.39 is 0 Å². The van der Waals surface area contributed by atoms with Crippen molar-refractivity contribution in [3.05, 3.63) is 24.0 Å². The molecule has 1 aromatic rings. The van der Waals surface area contributed by atoms with Gasteiger partial charge in [-0.25, -0.2) is 0 Å². The molecule has 4 nitrogen and oxygen atoms in total. The van der Waals surface area contributed by atoms with E-state index in [0.717, 1.165) is 51.3 Å². The molecule has 1 aliphatic heterocycles. The summed E-state index contributed by atoms with van der Waals surface area (Å²) in [4.78, 5) is 6.66. The molecule has 2 heterocycles. The zero-order valence-electron chi connectivity index (χ0n) is 12.0. The lowest BCUT2D eigenvalue weighted by Crippen LogP contribution is -2.37. The summed E-state index contributed by atoms with van der Waals surface area (Å²) in [6.45, 7) is 5.77. The Morgan fingerprint density at radius 3 is 2.79 bits per heavy atom. The molecular weight excluding hydrogens is 240 g/mol. The maximum atomic E-state index is 5.87. The molecule has 2 rings (SSSR count). The minimum atomic E-state index is 0.413. The average Bonchev–Trinajstić information content (AvgIpc) is 2.44. The number of rotatable bonds is 6. The van der Waals surface area contributed by atoms with E-state index in [1.165, 1.54) is 5.69 Å². The molecule has 0 bridgehead atoms. The van der Waals surface area contributed by atoms with Gasteiger partial charge in [0.1, 0.15) is 0 Å². The summed E-state index contributed by atoms with van der Waals surface area (Å²) in [6, 6.07) is 4.24. The molecule has 0 amide bonds. The van der Waals surface area contributed by atoms with Gasteiger partial charge in [0.25, 0.3) is 0 Å². The Morgan fingerprint density at radius 2 is 2.11 bits per heavy atom. The number of hydrogen-bond donors (Lipinski definition) is 0. The van der Waals surface area contributed by atoms with Crippen LogP contribution in [0.5, 0.6) is 0 Å². The topological polar surface area (TPSA) is 34.6 Å². The number of methoxy groups -OCH3 is 1. The third-order valence-electron chi connectivity index (χ3n) is 3.53. The minimum absolute atomic E-state index is 0.413. The first kappa shape index (κ1) is 14.3. The van der Waals surface area contributed by atoms with E-state index in [-0.39, 0.29) is 0 Å². The van der Waals surface area contributed by atoms with Gasteiger partial charge < -0.3 is 14.4 Å². The van der Waals surface area contributed by atoms with Crippen LogP contribution in [0.1, 0.15) is 25.0 Å². The fourth-order valence-electron chi connectivity index (χ4n) is 2.46. The largest absolute Gasteiger partial charge is 0.385 e. The van der Waals surface area contributed by atoms with Gasteiger partial charge in [0.15, 0.2) is 0 Å². The lowest BCUT2D eigenvalue weighted by molar-refractivity contribution is 0.0258. The maximum Gasteiger partial charge on any atom is 0.0608 e. The molecule has 0 saturated carbocycles. The standard InChI is InChI=1S/C15H24N2O2/c1-13-12-14(4-7-16-13)17-8-5-15(6-9-17)19-11-3-10-18-2/h4,7,12,15H,3,5-6,8-11H2,1-2H3. The van der Waals surface area contributed by atoms with Gasteiger partial charge in [0, 0.05) is 51.0 Å². The highest BCUT2D eigenvalue weighted by Gasteiger charge is 2.19. The molecule has 1 aromatic heterocycles. The van der Waals surface area contributed by atoms with Gasteiger partial charge in [0.2, 0.25) is 0 Å². The van der Waals surface area contributed by atoms with Crippen LogP contribution < -0.4 is 4.90 Å². The van der Waals surface area contributed by atoms with E-state index in [9.17, 15) is 0 Å². The number of aromatic nitrogens is 1. The van der Waals surface area contributed by atoms with Crippen molar-refractivity contribution in [3.8, 4) is 0 Å². The second kappa shape index (κ2) is 7.46. The molecule has 0 aliphatic carbocycles. The predicted molar refractivity (Wildman–Crippen MR) is 76.7 cm³/mol. The molecule has 4 heteroatoms. The number of nitrogens with zero attached hydrogens (tertiary/aromatic N) is 2. The van der Waals surface area contributed by atoms with Crippen molar-refractivity contribution < 1.29 is 9.47 Å². The van der Waals surface area contributed by atoms with Crippen molar-refractivity contribution in [2.24, 2.45) is 0 Å². The fourth-order valence-corrected chi connectivity index (χ4v) is 2.46. The van der Waals surface area contributed by atoms with Crippen LogP contribution in [-0.4, -0.2) is 44.5 Å². The molecule has 1 saturated heterocycles. The summed E-state index contributed by atoms with van der Waals surface area (Å²) < 4.78 is 10.9. The van der Waals surface area contributed by atoms with Crippen LogP contribution in [0, 0.1) is 6.92 Å². The molecule has 0 unspecified atom stereocenters. The van der Waals surface area contributed by atoms with E-state index in [1.54, 1.807) is 7.11 Å². The summed E-state index contributed by atoms with van der Waals surface area (Å²) >= 11 is 0. The zero-order chi connectivity index (χ0) is 13.5. The van der Waals surface area contributed by atoms with Crippen molar-refractivity contribution >= 4 is 5.69 Å². The average molecular weight is 264 g/mol. The number of piperidine rings is 1. The Kier molecular flexibility index (Phi) is 5.61. The molecule has 106 valence electrons. The van der Waals surface area contributed by atoms with Gasteiger partial charge in [-0.3, -0.25) is 4.98 Å². The monoisotopic (exact) mass is 264 g/mol. The molecule has 0 aromatic carbocycles. The molecule has 19 heavy (non-hydrogen) atoms. The molecular formula is C15H24N2O2. The molecule has 0 spiro atoms. The van der Waals surface area contributed by atoms with Crippen LogP contribution in [-0.2, 0) is 9.47 Å². The van der Waals surface area contributed by atoms with Crippen molar-refractivity contribution in [1.29, 1.82) is 0 Å². The Bertz CT molecular complexity index is 376. The zero-order valence-corrected chi connectivity index (χ0v) is 12.0. The van der Waals surface area contributed by atoms with Crippen molar-refractivity contribution in [2.75, 3.05) is 38.3 Å². The van der Waals surface area contributed by atoms with E-state index in [1.807, 2.05) is 13.1 Å². The Morgan fingerprint density at radius 1 is 1.32 bits per heavy atom.